The minimum atomic E-state index is 0.177. The molecule has 4 heterocycles. The van der Waals surface area contributed by atoms with Crippen LogP contribution in [0.4, 0.5) is 0 Å². The minimum Gasteiger partial charge on any atom is -0.494 e. The Hall–Kier alpha value is -2.82. The molecule has 2 aliphatic rings. The van der Waals surface area contributed by atoms with Gasteiger partial charge in [-0.25, -0.2) is 4.99 Å². The van der Waals surface area contributed by atoms with Crippen LogP contribution in [0.2, 0.25) is 0 Å². The fraction of sp³-hybridized carbons (Fsp3) is 0.364. The highest BCUT2D eigenvalue weighted by Crippen LogP contribution is 2.25. The standard InChI is InChI=1S/C22H25N3O2/c1-27-22-14-19-17-11-9-15(23-17)7-5-3-2-4-6-8-21(26)18-12-10-16(24-18)13-20(22)25-19/h9-14,23-24H,2-8H2,1H3. The van der Waals surface area contributed by atoms with Crippen molar-refractivity contribution in [3.8, 4) is 0 Å². The molecule has 27 heavy (non-hydrogen) atoms. The van der Waals surface area contributed by atoms with E-state index in [1.165, 1.54) is 18.5 Å². The van der Waals surface area contributed by atoms with Crippen LogP contribution in [0.1, 0.15) is 66.1 Å². The molecular formula is C22H25N3O2. The highest BCUT2D eigenvalue weighted by Gasteiger charge is 2.18. The summed E-state index contributed by atoms with van der Waals surface area (Å²) in [6.45, 7) is 0. The van der Waals surface area contributed by atoms with Gasteiger partial charge in [-0.3, -0.25) is 4.79 Å². The lowest BCUT2D eigenvalue weighted by molar-refractivity contribution is 0.0975. The molecule has 2 aromatic heterocycles. The zero-order valence-corrected chi connectivity index (χ0v) is 15.7. The molecule has 0 aromatic carbocycles. The van der Waals surface area contributed by atoms with Crippen LogP contribution in [0.5, 0.6) is 0 Å². The summed E-state index contributed by atoms with van der Waals surface area (Å²) in [5.41, 5.74) is 5.39. The van der Waals surface area contributed by atoms with Crippen LogP contribution >= 0.6 is 0 Å². The number of Topliss-reactive ketones (excluding diaryl/α,β-unsaturated/α-hetero) is 1. The molecule has 0 saturated carbocycles. The van der Waals surface area contributed by atoms with Gasteiger partial charge in [-0.05, 0) is 49.6 Å². The maximum absolute atomic E-state index is 12.4. The second kappa shape index (κ2) is 7.82. The Morgan fingerprint density at radius 2 is 1.67 bits per heavy atom. The average Bonchev–Trinajstić information content (AvgIpc) is 3.39. The van der Waals surface area contributed by atoms with Crippen LogP contribution < -0.4 is 0 Å². The number of ketones is 1. The molecule has 0 unspecified atom stereocenters. The quantitative estimate of drug-likeness (QED) is 0.764. The number of allylic oxidation sites excluding steroid dienone is 1. The number of nitrogens with zero attached hydrogens (tertiary/aromatic N) is 1. The van der Waals surface area contributed by atoms with E-state index in [0.29, 0.717) is 12.1 Å². The number of carbonyl (C=O) groups is 1. The van der Waals surface area contributed by atoms with Gasteiger partial charge in [-0.15, -0.1) is 0 Å². The van der Waals surface area contributed by atoms with E-state index >= 15 is 0 Å². The fourth-order valence-corrected chi connectivity index (χ4v) is 3.63. The number of ether oxygens (including phenoxy) is 1. The van der Waals surface area contributed by atoms with Crippen molar-refractivity contribution in [3.05, 3.63) is 64.6 Å². The van der Waals surface area contributed by atoms with Crippen molar-refractivity contribution in [1.82, 2.24) is 9.97 Å². The molecule has 2 aromatic rings. The van der Waals surface area contributed by atoms with Gasteiger partial charge in [0.2, 0.25) is 0 Å². The second-order valence-corrected chi connectivity index (χ2v) is 7.15. The van der Waals surface area contributed by atoms with Crippen LogP contribution in [-0.4, -0.2) is 28.6 Å². The van der Waals surface area contributed by atoms with E-state index in [9.17, 15) is 4.79 Å². The number of methoxy groups -OCH3 is 1. The zero-order valence-electron chi connectivity index (χ0n) is 15.7. The van der Waals surface area contributed by atoms with Gasteiger partial charge in [0.15, 0.2) is 5.78 Å². The van der Waals surface area contributed by atoms with Gasteiger partial charge in [-0.1, -0.05) is 19.3 Å². The number of aliphatic imine (C=N–C) groups is 1. The Morgan fingerprint density at radius 3 is 2.52 bits per heavy atom. The summed E-state index contributed by atoms with van der Waals surface area (Å²) in [5, 5.41) is 0. The fourth-order valence-electron chi connectivity index (χ4n) is 3.63. The molecule has 5 nitrogen and oxygen atoms in total. The van der Waals surface area contributed by atoms with Crippen molar-refractivity contribution in [2.24, 2.45) is 4.99 Å². The number of H-pyrrole nitrogens is 2. The number of hydrogen-bond acceptors (Lipinski definition) is 3. The van der Waals surface area contributed by atoms with Gasteiger partial charge in [0.1, 0.15) is 11.5 Å². The first-order chi connectivity index (χ1) is 13.2. The van der Waals surface area contributed by atoms with Crippen LogP contribution in [0.25, 0.3) is 6.08 Å². The van der Waals surface area contributed by atoms with Crippen LogP contribution in [-0.2, 0) is 11.2 Å². The first-order valence-electron chi connectivity index (χ1n) is 9.70. The Labute approximate surface area is 159 Å². The topological polar surface area (TPSA) is 70.2 Å². The Balaban J connectivity index is 1.67. The molecule has 0 radical (unpaired) electrons. The monoisotopic (exact) mass is 363 g/mol. The third-order valence-electron chi connectivity index (χ3n) is 5.15. The summed E-state index contributed by atoms with van der Waals surface area (Å²) in [5.74, 6) is 0.901. The van der Waals surface area contributed by atoms with Crippen molar-refractivity contribution < 1.29 is 9.53 Å². The van der Waals surface area contributed by atoms with Gasteiger partial charge in [0.05, 0.1) is 24.2 Å². The van der Waals surface area contributed by atoms with E-state index in [0.717, 1.165) is 54.2 Å². The van der Waals surface area contributed by atoms with Crippen molar-refractivity contribution in [2.75, 3.05) is 7.11 Å². The van der Waals surface area contributed by atoms with E-state index in [-0.39, 0.29) is 5.78 Å². The number of aromatic nitrogens is 2. The summed E-state index contributed by atoms with van der Waals surface area (Å²) in [7, 11) is 1.65. The molecule has 2 N–H and O–H groups in total. The average molecular weight is 363 g/mol. The number of carbonyl (C=O) groups excluding carboxylic acids is 1. The molecule has 0 spiro atoms. The second-order valence-electron chi connectivity index (χ2n) is 7.15. The molecule has 2 aliphatic heterocycles. The van der Waals surface area contributed by atoms with Gasteiger partial charge in [-0.2, -0.15) is 0 Å². The van der Waals surface area contributed by atoms with Gasteiger partial charge in [0, 0.05) is 23.9 Å². The van der Waals surface area contributed by atoms with Crippen LogP contribution in [0, 0.1) is 0 Å². The van der Waals surface area contributed by atoms with Crippen LogP contribution in [0.15, 0.2) is 46.8 Å². The third kappa shape index (κ3) is 3.97. The summed E-state index contributed by atoms with van der Waals surface area (Å²) in [6, 6.07) is 8.00. The first-order valence-corrected chi connectivity index (χ1v) is 9.70. The van der Waals surface area contributed by atoms with E-state index < -0.39 is 0 Å². The third-order valence-corrected chi connectivity index (χ3v) is 5.15. The number of aromatic amines is 2. The van der Waals surface area contributed by atoms with Crippen molar-refractivity contribution in [3.63, 3.8) is 0 Å². The summed E-state index contributed by atoms with van der Waals surface area (Å²) in [4.78, 5) is 23.8. The molecule has 140 valence electrons. The SMILES string of the molecule is COC1=CC2=NC1=Cc1ccc([nH]1)C(=O)CCCCCCCc1ccc2[nH]1. The molecule has 0 aliphatic carbocycles. The normalized spacial score (nSPS) is 18.3. The summed E-state index contributed by atoms with van der Waals surface area (Å²) >= 11 is 0. The molecule has 0 amide bonds. The zero-order chi connectivity index (χ0) is 18.6. The van der Waals surface area contributed by atoms with Gasteiger partial charge >= 0.3 is 0 Å². The van der Waals surface area contributed by atoms with Crippen molar-refractivity contribution in [2.45, 2.75) is 44.9 Å². The number of hydrogen-bond donors (Lipinski definition) is 2. The first kappa shape index (κ1) is 17.6. The number of aryl methyl sites for hydroxylation is 1. The summed E-state index contributed by atoms with van der Waals surface area (Å²) in [6.07, 6.45) is 11.1. The number of rotatable bonds is 1. The van der Waals surface area contributed by atoms with E-state index in [1.807, 2.05) is 24.3 Å². The van der Waals surface area contributed by atoms with Gasteiger partial charge < -0.3 is 14.7 Å². The number of nitrogens with one attached hydrogen (secondary N) is 2. The Kier molecular flexibility index (Phi) is 5.10. The Morgan fingerprint density at radius 1 is 0.889 bits per heavy atom. The maximum Gasteiger partial charge on any atom is 0.179 e. The molecular weight excluding hydrogens is 338 g/mol. The Bertz CT molecular complexity index is 927. The van der Waals surface area contributed by atoms with E-state index in [1.54, 1.807) is 7.11 Å². The summed E-state index contributed by atoms with van der Waals surface area (Å²) < 4.78 is 5.50. The van der Waals surface area contributed by atoms with Crippen LogP contribution in [0.3, 0.4) is 0 Å². The van der Waals surface area contributed by atoms with E-state index in [2.05, 4.69) is 22.1 Å². The van der Waals surface area contributed by atoms with Crippen molar-refractivity contribution in [1.29, 1.82) is 0 Å². The molecule has 5 heteroatoms. The molecule has 0 atom stereocenters. The predicted molar refractivity (Wildman–Crippen MR) is 107 cm³/mol. The predicted octanol–water partition coefficient (Wildman–Crippen LogP) is 4.80. The van der Waals surface area contributed by atoms with Gasteiger partial charge in [0.25, 0.3) is 0 Å². The van der Waals surface area contributed by atoms with E-state index in [4.69, 9.17) is 9.73 Å². The van der Waals surface area contributed by atoms with Crippen molar-refractivity contribution >= 4 is 17.6 Å². The highest BCUT2D eigenvalue weighted by molar-refractivity contribution is 6.11. The maximum atomic E-state index is 12.4. The molecule has 0 fully saturated rings. The highest BCUT2D eigenvalue weighted by atomic mass is 16.5. The number of fused-ring (bicyclic) bond motifs is 6. The smallest absolute Gasteiger partial charge is 0.179 e. The molecule has 0 saturated heterocycles. The lowest BCUT2D eigenvalue weighted by Gasteiger charge is -2.02. The largest absolute Gasteiger partial charge is 0.494 e. The molecule has 4 rings (SSSR count). The minimum absolute atomic E-state index is 0.177. The lowest BCUT2D eigenvalue weighted by Crippen LogP contribution is -1.99. The molecule has 6 bridgehead atoms. The lowest BCUT2D eigenvalue weighted by atomic mass is 10.1.